The number of rotatable bonds is 2. The van der Waals surface area contributed by atoms with Gasteiger partial charge in [-0.2, -0.15) is 0 Å². The van der Waals surface area contributed by atoms with E-state index < -0.39 is 0 Å². The van der Waals surface area contributed by atoms with E-state index in [1.165, 1.54) is 0 Å². The molecule has 0 fully saturated rings. The maximum Gasteiger partial charge on any atom is 0.140 e. The van der Waals surface area contributed by atoms with E-state index in [0.717, 1.165) is 15.0 Å². The molecule has 0 aliphatic rings. The summed E-state index contributed by atoms with van der Waals surface area (Å²) in [5.41, 5.74) is 6.78. The molecule has 4 nitrogen and oxygen atoms in total. The summed E-state index contributed by atoms with van der Waals surface area (Å²) in [6, 6.07) is 3.88. The molecule has 2 rings (SSSR count). The minimum Gasteiger partial charge on any atom is -0.383 e. The standard InChI is InChI=1S/C10H9IN4/c11-8-6-14-9(15-10(8)12)4-7-2-1-3-13-5-7/h1-3,5-6H,4H2,(H2,12,14,15). The zero-order valence-electron chi connectivity index (χ0n) is 7.89. The first kappa shape index (κ1) is 10.3. The van der Waals surface area contributed by atoms with Crippen molar-refractivity contribution in [3.05, 3.63) is 45.7 Å². The Labute approximate surface area is 101 Å². The third-order valence-corrected chi connectivity index (χ3v) is 2.74. The monoisotopic (exact) mass is 312 g/mol. The van der Waals surface area contributed by atoms with Crippen LogP contribution in [0.2, 0.25) is 0 Å². The third-order valence-electron chi connectivity index (χ3n) is 1.91. The minimum atomic E-state index is 0.532. The van der Waals surface area contributed by atoms with Crippen molar-refractivity contribution in [3.8, 4) is 0 Å². The highest BCUT2D eigenvalue weighted by molar-refractivity contribution is 14.1. The van der Waals surface area contributed by atoms with Crippen molar-refractivity contribution >= 4 is 28.4 Å². The van der Waals surface area contributed by atoms with E-state index in [1.54, 1.807) is 18.6 Å². The van der Waals surface area contributed by atoms with E-state index in [4.69, 9.17) is 5.73 Å². The van der Waals surface area contributed by atoms with Crippen molar-refractivity contribution in [1.29, 1.82) is 0 Å². The van der Waals surface area contributed by atoms with Gasteiger partial charge in [0, 0.05) is 25.0 Å². The summed E-state index contributed by atoms with van der Waals surface area (Å²) < 4.78 is 0.877. The lowest BCUT2D eigenvalue weighted by molar-refractivity contribution is 0.961. The summed E-state index contributed by atoms with van der Waals surface area (Å²) in [6.45, 7) is 0. The smallest absolute Gasteiger partial charge is 0.140 e. The highest BCUT2D eigenvalue weighted by atomic mass is 127. The molecule has 76 valence electrons. The number of nitrogens with two attached hydrogens (primary N) is 1. The van der Waals surface area contributed by atoms with Crippen LogP contribution in [0.4, 0.5) is 5.82 Å². The molecule has 0 aliphatic carbocycles. The van der Waals surface area contributed by atoms with Crippen molar-refractivity contribution in [2.45, 2.75) is 6.42 Å². The SMILES string of the molecule is Nc1nc(Cc2cccnc2)ncc1I. The van der Waals surface area contributed by atoms with Crippen LogP contribution in [-0.4, -0.2) is 15.0 Å². The lowest BCUT2D eigenvalue weighted by atomic mass is 10.2. The van der Waals surface area contributed by atoms with Crippen LogP contribution in [0.25, 0.3) is 0 Å². The molecule has 0 bridgehead atoms. The first-order valence-electron chi connectivity index (χ1n) is 4.41. The maximum atomic E-state index is 5.70. The summed E-state index contributed by atoms with van der Waals surface area (Å²) in [5, 5.41) is 0. The van der Waals surface area contributed by atoms with Crippen LogP contribution in [-0.2, 0) is 6.42 Å². The summed E-state index contributed by atoms with van der Waals surface area (Å²) in [6.07, 6.45) is 5.94. The Kier molecular flexibility index (Phi) is 3.10. The number of aromatic nitrogens is 3. The van der Waals surface area contributed by atoms with Gasteiger partial charge < -0.3 is 5.73 Å². The normalized spacial score (nSPS) is 10.2. The van der Waals surface area contributed by atoms with E-state index in [0.29, 0.717) is 12.2 Å². The number of pyridine rings is 1. The summed E-state index contributed by atoms with van der Waals surface area (Å²) in [4.78, 5) is 12.4. The molecule has 0 radical (unpaired) electrons. The quantitative estimate of drug-likeness (QED) is 0.857. The van der Waals surface area contributed by atoms with Crippen LogP contribution < -0.4 is 5.73 Å². The average molecular weight is 312 g/mol. The van der Waals surface area contributed by atoms with Crippen molar-refractivity contribution in [1.82, 2.24) is 15.0 Å². The molecule has 0 spiro atoms. The molecule has 0 atom stereocenters. The number of hydrogen-bond donors (Lipinski definition) is 1. The molecule has 0 saturated carbocycles. The second-order valence-corrected chi connectivity index (χ2v) is 4.22. The topological polar surface area (TPSA) is 64.7 Å². The summed E-state index contributed by atoms with van der Waals surface area (Å²) in [7, 11) is 0. The van der Waals surface area contributed by atoms with E-state index >= 15 is 0 Å². The van der Waals surface area contributed by atoms with E-state index in [9.17, 15) is 0 Å². The fourth-order valence-electron chi connectivity index (χ4n) is 1.19. The highest BCUT2D eigenvalue weighted by Gasteiger charge is 2.02. The van der Waals surface area contributed by atoms with Crippen molar-refractivity contribution in [2.24, 2.45) is 0 Å². The molecule has 0 saturated heterocycles. The molecular formula is C10H9IN4. The molecule has 2 aromatic rings. The zero-order chi connectivity index (χ0) is 10.7. The van der Waals surface area contributed by atoms with Gasteiger partial charge in [0.15, 0.2) is 0 Å². The van der Waals surface area contributed by atoms with Crippen molar-refractivity contribution in [3.63, 3.8) is 0 Å². The van der Waals surface area contributed by atoms with Gasteiger partial charge in [-0.25, -0.2) is 9.97 Å². The largest absolute Gasteiger partial charge is 0.383 e. The Bertz CT molecular complexity index is 458. The fourth-order valence-corrected chi connectivity index (χ4v) is 1.45. The van der Waals surface area contributed by atoms with Gasteiger partial charge in [0.25, 0.3) is 0 Å². The first-order chi connectivity index (χ1) is 7.25. The number of anilines is 1. The molecule has 0 amide bonds. The Hall–Kier alpha value is -1.24. The molecule has 2 aromatic heterocycles. The molecule has 0 aromatic carbocycles. The predicted molar refractivity (Wildman–Crippen MR) is 66.2 cm³/mol. The van der Waals surface area contributed by atoms with E-state index in [-0.39, 0.29) is 0 Å². The van der Waals surface area contributed by atoms with Crippen LogP contribution >= 0.6 is 22.6 Å². The van der Waals surface area contributed by atoms with Gasteiger partial charge in [0.05, 0.1) is 3.57 Å². The summed E-state index contributed by atoms with van der Waals surface area (Å²) in [5.74, 6) is 1.26. The third kappa shape index (κ3) is 2.62. The zero-order valence-corrected chi connectivity index (χ0v) is 10.0. The minimum absolute atomic E-state index is 0.532. The molecule has 2 N–H and O–H groups in total. The number of hydrogen-bond acceptors (Lipinski definition) is 4. The fraction of sp³-hybridized carbons (Fsp3) is 0.100. The van der Waals surface area contributed by atoms with Crippen molar-refractivity contribution < 1.29 is 0 Å². The number of nitrogens with zero attached hydrogens (tertiary/aromatic N) is 3. The van der Waals surface area contributed by atoms with Crippen LogP contribution in [0.1, 0.15) is 11.4 Å². The molecule has 15 heavy (non-hydrogen) atoms. The first-order valence-corrected chi connectivity index (χ1v) is 5.49. The van der Waals surface area contributed by atoms with Gasteiger partial charge in [-0.1, -0.05) is 6.07 Å². The molecule has 2 heterocycles. The Morgan fingerprint density at radius 3 is 2.87 bits per heavy atom. The van der Waals surface area contributed by atoms with E-state index in [2.05, 4.69) is 37.5 Å². The molecule has 0 unspecified atom stereocenters. The van der Waals surface area contributed by atoms with Gasteiger partial charge in [-0.15, -0.1) is 0 Å². The van der Waals surface area contributed by atoms with Crippen LogP contribution in [0.3, 0.4) is 0 Å². The number of halogens is 1. The van der Waals surface area contributed by atoms with Gasteiger partial charge in [0.2, 0.25) is 0 Å². The Balaban J connectivity index is 2.22. The second kappa shape index (κ2) is 4.52. The second-order valence-electron chi connectivity index (χ2n) is 3.06. The molecular weight excluding hydrogens is 303 g/mol. The van der Waals surface area contributed by atoms with Gasteiger partial charge in [0.1, 0.15) is 11.6 Å². The predicted octanol–water partition coefficient (Wildman–Crippen LogP) is 1.65. The van der Waals surface area contributed by atoms with Gasteiger partial charge in [-0.3, -0.25) is 4.98 Å². The number of nitrogen functional groups attached to an aromatic ring is 1. The maximum absolute atomic E-state index is 5.70. The molecule has 0 aliphatic heterocycles. The Morgan fingerprint density at radius 2 is 2.20 bits per heavy atom. The Morgan fingerprint density at radius 1 is 1.33 bits per heavy atom. The van der Waals surface area contributed by atoms with Crippen LogP contribution in [0.15, 0.2) is 30.7 Å². The average Bonchev–Trinajstić information content (AvgIpc) is 2.25. The van der Waals surface area contributed by atoms with Gasteiger partial charge >= 0.3 is 0 Å². The lowest BCUT2D eigenvalue weighted by Crippen LogP contribution is -2.02. The lowest BCUT2D eigenvalue weighted by Gasteiger charge is -2.01. The van der Waals surface area contributed by atoms with Crippen molar-refractivity contribution in [2.75, 3.05) is 5.73 Å². The van der Waals surface area contributed by atoms with Crippen LogP contribution in [0, 0.1) is 3.57 Å². The molecule has 5 heteroatoms. The summed E-state index contributed by atoms with van der Waals surface area (Å²) >= 11 is 2.11. The van der Waals surface area contributed by atoms with Crippen LogP contribution in [0.5, 0.6) is 0 Å². The highest BCUT2D eigenvalue weighted by Crippen LogP contribution is 2.11. The van der Waals surface area contributed by atoms with E-state index in [1.807, 2.05) is 12.1 Å². The van der Waals surface area contributed by atoms with Gasteiger partial charge in [-0.05, 0) is 34.2 Å².